The maximum Gasteiger partial charge on any atom is 0.252 e. The van der Waals surface area contributed by atoms with Gasteiger partial charge in [-0.05, 0) is 25.3 Å². The van der Waals surface area contributed by atoms with Crippen LogP contribution in [0.5, 0.6) is 0 Å². The fourth-order valence-electron chi connectivity index (χ4n) is 1.64. The van der Waals surface area contributed by atoms with Crippen LogP contribution in [0.25, 0.3) is 0 Å². The third-order valence-electron chi connectivity index (χ3n) is 2.94. The van der Waals surface area contributed by atoms with Gasteiger partial charge in [-0.25, -0.2) is 8.42 Å². The Hall–Kier alpha value is -0.390. The Balaban J connectivity index is 0.00000400. The smallest absolute Gasteiger partial charge is 0.252 e. The molecular formula is C12H23IN4O2S2. The first-order chi connectivity index (χ1) is 9.43. The van der Waals surface area contributed by atoms with Gasteiger partial charge in [0.25, 0.3) is 10.0 Å². The molecule has 122 valence electrons. The number of rotatable bonds is 7. The summed E-state index contributed by atoms with van der Waals surface area (Å²) in [5.74, 6) is 0.455. The Labute approximate surface area is 148 Å². The molecule has 0 spiro atoms. The zero-order valence-electron chi connectivity index (χ0n) is 12.5. The van der Waals surface area contributed by atoms with Gasteiger partial charge >= 0.3 is 0 Å². The number of guanidine groups is 1. The minimum atomic E-state index is -3.40. The first-order valence-corrected chi connectivity index (χ1v) is 8.80. The van der Waals surface area contributed by atoms with Crippen LogP contribution in [-0.2, 0) is 10.0 Å². The van der Waals surface area contributed by atoms with Gasteiger partial charge in [0.2, 0.25) is 0 Å². The van der Waals surface area contributed by atoms with Crippen molar-refractivity contribution in [2.45, 2.75) is 18.1 Å². The molecule has 1 aromatic heterocycles. The molecule has 0 radical (unpaired) electrons. The molecule has 1 aromatic rings. The Morgan fingerprint density at radius 1 is 1.38 bits per heavy atom. The van der Waals surface area contributed by atoms with Gasteiger partial charge in [0.05, 0.1) is 6.54 Å². The van der Waals surface area contributed by atoms with Gasteiger partial charge < -0.3 is 10.6 Å². The van der Waals surface area contributed by atoms with E-state index in [9.17, 15) is 8.42 Å². The van der Waals surface area contributed by atoms with Crippen molar-refractivity contribution < 1.29 is 8.42 Å². The van der Waals surface area contributed by atoms with E-state index in [1.54, 1.807) is 24.6 Å². The third kappa shape index (κ3) is 5.72. The van der Waals surface area contributed by atoms with Crippen molar-refractivity contribution in [1.82, 2.24) is 9.21 Å². The van der Waals surface area contributed by atoms with E-state index in [-0.39, 0.29) is 24.0 Å². The second-order valence-electron chi connectivity index (χ2n) is 4.17. The SMILES string of the molecule is CCN(CC)C(N)=NCCN(C)S(=O)(=O)c1cccs1.I. The standard InChI is InChI=1S/C12H22N4O2S2.HI/c1-4-16(5-2)12(13)14-8-9-15(3)20(17,18)11-7-6-10-19-11;/h6-7,10H,4-5,8-9H2,1-3H3,(H2,13,14);1H. The second kappa shape index (κ2) is 9.59. The van der Waals surface area contributed by atoms with Crippen molar-refractivity contribution in [3.63, 3.8) is 0 Å². The van der Waals surface area contributed by atoms with Crippen molar-refractivity contribution in [2.24, 2.45) is 10.7 Å². The van der Waals surface area contributed by atoms with Crippen molar-refractivity contribution in [2.75, 3.05) is 33.2 Å². The number of halogens is 1. The van der Waals surface area contributed by atoms with Gasteiger partial charge in [-0.3, -0.25) is 4.99 Å². The number of nitrogens with two attached hydrogens (primary N) is 1. The predicted molar refractivity (Wildman–Crippen MR) is 99.0 cm³/mol. The molecule has 0 saturated heterocycles. The van der Waals surface area contributed by atoms with Crippen LogP contribution < -0.4 is 5.73 Å². The highest BCUT2D eigenvalue weighted by Gasteiger charge is 2.21. The van der Waals surface area contributed by atoms with E-state index in [4.69, 9.17) is 5.73 Å². The monoisotopic (exact) mass is 446 g/mol. The van der Waals surface area contributed by atoms with Gasteiger partial charge in [-0.15, -0.1) is 35.3 Å². The summed E-state index contributed by atoms with van der Waals surface area (Å²) in [4.78, 5) is 6.14. The lowest BCUT2D eigenvalue weighted by atomic mass is 10.5. The van der Waals surface area contributed by atoms with E-state index in [1.807, 2.05) is 18.7 Å². The summed E-state index contributed by atoms with van der Waals surface area (Å²) in [6, 6.07) is 3.33. The van der Waals surface area contributed by atoms with Gasteiger partial charge in [0, 0.05) is 26.7 Å². The Bertz CT molecular complexity index is 527. The Morgan fingerprint density at radius 3 is 2.48 bits per heavy atom. The zero-order chi connectivity index (χ0) is 15.2. The maximum atomic E-state index is 12.2. The Morgan fingerprint density at radius 2 is 2.00 bits per heavy atom. The van der Waals surface area contributed by atoms with E-state index in [2.05, 4.69) is 4.99 Å². The summed E-state index contributed by atoms with van der Waals surface area (Å²) in [7, 11) is -1.84. The van der Waals surface area contributed by atoms with Crippen molar-refractivity contribution in [1.29, 1.82) is 0 Å². The second-order valence-corrected chi connectivity index (χ2v) is 7.39. The van der Waals surface area contributed by atoms with E-state index >= 15 is 0 Å². The summed E-state index contributed by atoms with van der Waals surface area (Å²) in [6.07, 6.45) is 0. The van der Waals surface area contributed by atoms with E-state index in [0.717, 1.165) is 13.1 Å². The minimum Gasteiger partial charge on any atom is -0.370 e. The molecule has 21 heavy (non-hydrogen) atoms. The lowest BCUT2D eigenvalue weighted by molar-refractivity contribution is 0.452. The van der Waals surface area contributed by atoms with Crippen LogP contribution in [0.4, 0.5) is 0 Å². The molecule has 0 unspecified atom stereocenters. The normalized spacial score (nSPS) is 12.3. The molecule has 0 aliphatic heterocycles. The number of hydrogen-bond acceptors (Lipinski definition) is 4. The van der Waals surface area contributed by atoms with Gasteiger partial charge in [0.15, 0.2) is 5.96 Å². The summed E-state index contributed by atoms with van der Waals surface area (Å²) in [5.41, 5.74) is 5.84. The number of likely N-dealkylation sites (N-methyl/N-ethyl adjacent to an activating group) is 1. The number of aliphatic imine (C=N–C) groups is 1. The van der Waals surface area contributed by atoms with Gasteiger partial charge in [-0.1, -0.05) is 6.07 Å². The average molecular weight is 446 g/mol. The highest BCUT2D eigenvalue weighted by Crippen LogP contribution is 2.19. The van der Waals surface area contributed by atoms with E-state index in [0.29, 0.717) is 23.3 Å². The molecule has 0 aromatic carbocycles. The quantitative estimate of drug-likeness (QED) is 0.393. The molecule has 0 aliphatic carbocycles. The van der Waals surface area contributed by atoms with Crippen LogP contribution in [0, 0.1) is 0 Å². The van der Waals surface area contributed by atoms with Crippen LogP contribution >= 0.6 is 35.3 Å². The largest absolute Gasteiger partial charge is 0.370 e. The molecule has 0 saturated carbocycles. The highest BCUT2D eigenvalue weighted by molar-refractivity contribution is 14.0. The zero-order valence-corrected chi connectivity index (χ0v) is 16.5. The van der Waals surface area contributed by atoms with Gasteiger partial charge in [-0.2, -0.15) is 4.31 Å². The maximum absolute atomic E-state index is 12.2. The number of hydrogen-bond donors (Lipinski definition) is 1. The van der Waals surface area contributed by atoms with Crippen molar-refractivity contribution in [3.8, 4) is 0 Å². The molecule has 9 heteroatoms. The minimum absolute atomic E-state index is 0. The molecule has 0 amide bonds. The van der Waals surface area contributed by atoms with Crippen LogP contribution in [0.2, 0.25) is 0 Å². The third-order valence-corrected chi connectivity index (χ3v) is 6.17. The number of sulfonamides is 1. The molecule has 0 bridgehead atoms. The molecule has 1 heterocycles. The van der Waals surface area contributed by atoms with E-state index in [1.165, 1.54) is 15.6 Å². The van der Waals surface area contributed by atoms with Crippen LogP contribution in [0.1, 0.15) is 13.8 Å². The van der Waals surface area contributed by atoms with E-state index < -0.39 is 10.0 Å². The molecule has 1 rings (SSSR count). The van der Waals surface area contributed by atoms with Crippen LogP contribution in [0.15, 0.2) is 26.7 Å². The number of thiophene rings is 1. The topological polar surface area (TPSA) is 79.0 Å². The summed E-state index contributed by atoms with van der Waals surface area (Å²) in [6.45, 7) is 6.23. The summed E-state index contributed by atoms with van der Waals surface area (Å²) >= 11 is 1.21. The average Bonchev–Trinajstić information content (AvgIpc) is 2.94. The highest BCUT2D eigenvalue weighted by atomic mass is 127. The lowest BCUT2D eigenvalue weighted by Gasteiger charge is -2.20. The van der Waals surface area contributed by atoms with Crippen molar-refractivity contribution in [3.05, 3.63) is 17.5 Å². The number of nitrogens with zero attached hydrogens (tertiary/aromatic N) is 3. The molecular weight excluding hydrogens is 423 g/mol. The molecule has 0 fully saturated rings. The predicted octanol–water partition coefficient (Wildman–Crippen LogP) is 1.64. The lowest BCUT2D eigenvalue weighted by Crippen LogP contribution is -2.38. The van der Waals surface area contributed by atoms with Crippen molar-refractivity contribution >= 4 is 51.3 Å². The Kier molecular flexibility index (Phi) is 9.41. The van der Waals surface area contributed by atoms with Crippen LogP contribution in [0.3, 0.4) is 0 Å². The van der Waals surface area contributed by atoms with Gasteiger partial charge in [0.1, 0.15) is 4.21 Å². The fraction of sp³-hybridized carbons (Fsp3) is 0.583. The summed E-state index contributed by atoms with van der Waals surface area (Å²) < 4.78 is 26.0. The molecule has 2 N–H and O–H groups in total. The molecule has 0 aliphatic rings. The molecule has 0 atom stereocenters. The van der Waals surface area contributed by atoms with Crippen LogP contribution in [-0.4, -0.2) is 56.8 Å². The molecule has 6 nitrogen and oxygen atoms in total. The summed E-state index contributed by atoms with van der Waals surface area (Å²) in [5, 5.41) is 1.75. The fourth-order valence-corrected chi connectivity index (χ4v) is 4.00. The first kappa shape index (κ1) is 20.6. The first-order valence-electron chi connectivity index (χ1n) is 6.48.